The number of hydrogen-bond donors (Lipinski definition) is 0. The maximum atomic E-state index is 13.2. The highest BCUT2D eigenvalue weighted by Gasteiger charge is 2.01. The molecule has 0 heterocycles. The summed E-state index contributed by atoms with van der Waals surface area (Å²) < 4.78 is 13.2. The van der Waals surface area contributed by atoms with Crippen LogP contribution in [0.15, 0.2) is 54.6 Å². The lowest BCUT2D eigenvalue weighted by Gasteiger charge is -1.97. The van der Waals surface area contributed by atoms with Crippen LogP contribution in [0.2, 0.25) is 5.02 Å². The molecule has 0 aliphatic carbocycles. The summed E-state index contributed by atoms with van der Waals surface area (Å²) in [5.41, 5.74) is 1.20. The molecule has 0 N–H and O–H groups in total. The van der Waals surface area contributed by atoms with Gasteiger partial charge in [0.15, 0.2) is 5.78 Å². The molecule has 2 aromatic rings. The highest BCUT2D eigenvalue weighted by atomic mass is 35.5. The van der Waals surface area contributed by atoms with E-state index in [1.54, 1.807) is 36.4 Å². The topological polar surface area (TPSA) is 17.1 Å². The SMILES string of the molecule is O=C(C=Cc1ccc(Cl)c(F)c1)c1ccccc1. The van der Waals surface area contributed by atoms with Crippen molar-refractivity contribution >= 4 is 23.5 Å². The van der Waals surface area contributed by atoms with Gasteiger partial charge in [0.1, 0.15) is 5.82 Å². The van der Waals surface area contributed by atoms with Crippen molar-refractivity contribution in [2.45, 2.75) is 0 Å². The summed E-state index contributed by atoms with van der Waals surface area (Å²) in [5.74, 6) is -0.614. The number of carbonyl (C=O) groups is 1. The van der Waals surface area contributed by atoms with Gasteiger partial charge in [0.05, 0.1) is 5.02 Å². The molecular weight excluding hydrogens is 251 g/mol. The number of allylic oxidation sites excluding steroid dienone is 1. The smallest absolute Gasteiger partial charge is 0.185 e. The third-order valence-electron chi connectivity index (χ3n) is 2.43. The molecule has 18 heavy (non-hydrogen) atoms. The summed E-state index contributed by atoms with van der Waals surface area (Å²) >= 11 is 5.57. The lowest BCUT2D eigenvalue weighted by Crippen LogP contribution is -1.92. The molecule has 0 saturated heterocycles. The van der Waals surface area contributed by atoms with E-state index in [0.717, 1.165) is 0 Å². The van der Waals surface area contributed by atoms with Gasteiger partial charge < -0.3 is 0 Å². The molecule has 0 unspecified atom stereocenters. The van der Waals surface area contributed by atoms with Crippen LogP contribution < -0.4 is 0 Å². The van der Waals surface area contributed by atoms with E-state index in [2.05, 4.69) is 0 Å². The van der Waals surface area contributed by atoms with Crippen LogP contribution in [-0.2, 0) is 0 Å². The fraction of sp³-hybridized carbons (Fsp3) is 0. The van der Waals surface area contributed by atoms with Crippen LogP contribution in [0, 0.1) is 5.82 Å². The first kappa shape index (κ1) is 12.5. The molecule has 90 valence electrons. The quantitative estimate of drug-likeness (QED) is 0.591. The fourth-order valence-electron chi connectivity index (χ4n) is 1.49. The van der Waals surface area contributed by atoms with Crippen molar-refractivity contribution < 1.29 is 9.18 Å². The Bertz CT molecular complexity index is 591. The van der Waals surface area contributed by atoms with E-state index >= 15 is 0 Å². The molecule has 0 aliphatic heterocycles. The molecule has 0 radical (unpaired) electrons. The maximum absolute atomic E-state index is 13.2. The number of hydrogen-bond acceptors (Lipinski definition) is 1. The Hall–Kier alpha value is -1.93. The number of rotatable bonds is 3. The minimum Gasteiger partial charge on any atom is -0.289 e. The van der Waals surface area contributed by atoms with Gasteiger partial charge in [0.2, 0.25) is 0 Å². The third-order valence-corrected chi connectivity index (χ3v) is 2.74. The van der Waals surface area contributed by atoms with Gasteiger partial charge in [-0.25, -0.2) is 4.39 Å². The van der Waals surface area contributed by atoms with Crippen LogP contribution in [0.25, 0.3) is 6.08 Å². The first-order chi connectivity index (χ1) is 8.66. The van der Waals surface area contributed by atoms with E-state index in [-0.39, 0.29) is 10.8 Å². The monoisotopic (exact) mass is 260 g/mol. The van der Waals surface area contributed by atoms with Gasteiger partial charge in [0.25, 0.3) is 0 Å². The molecule has 0 amide bonds. The highest BCUT2D eigenvalue weighted by molar-refractivity contribution is 6.30. The summed E-state index contributed by atoms with van der Waals surface area (Å²) in [6, 6.07) is 13.3. The van der Waals surface area contributed by atoms with Crippen LogP contribution in [0.1, 0.15) is 15.9 Å². The molecule has 3 heteroatoms. The molecule has 0 fully saturated rings. The van der Waals surface area contributed by atoms with Crippen LogP contribution >= 0.6 is 11.6 Å². The summed E-state index contributed by atoms with van der Waals surface area (Å²) in [5, 5.41) is 0.0709. The lowest BCUT2D eigenvalue weighted by molar-refractivity contribution is 0.104. The summed E-state index contributed by atoms with van der Waals surface area (Å²) in [6.45, 7) is 0. The Morgan fingerprint density at radius 1 is 1.11 bits per heavy atom. The molecule has 0 saturated carbocycles. The Kier molecular flexibility index (Phi) is 3.90. The second-order valence-corrected chi connectivity index (χ2v) is 4.14. The van der Waals surface area contributed by atoms with Crippen molar-refractivity contribution in [3.05, 3.63) is 76.6 Å². The van der Waals surface area contributed by atoms with E-state index in [1.807, 2.05) is 6.07 Å². The largest absolute Gasteiger partial charge is 0.289 e. The van der Waals surface area contributed by atoms with E-state index in [1.165, 1.54) is 18.2 Å². The van der Waals surface area contributed by atoms with Crippen molar-refractivity contribution in [2.24, 2.45) is 0 Å². The van der Waals surface area contributed by atoms with Gasteiger partial charge in [-0.1, -0.05) is 54.1 Å². The van der Waals surface area contributed by atoms with Crippen molar-refractivity contribution in [2.75, 3.05) is 0 Å². The van der Waals surface area contributed by atoms with Crippen LogP contribution in [-0.4, -0.2) is 5.78 Å². The molecule has 0 bridgehead atoms. The van der Waals surface area contributed by atoms with Gasteiger partial charge >= 0.3 is 0 Å². The highest BCUT2D eigenvalue weighted by Crippen LogP contribution is 2.16. The van der Waals surface area contributed by atoms with E-state index < -0.39 is 5.82 Å². The Balaban J connectivity index is 2.16. The second-order valence-electron chi connectivity index (χ2n) is 3.74. The Morgan fingerprint density at radius 3 is 2.50 bits per heavy atom. The molecule has 0 aromatic heterocycles. The minimum atomic E-state index is -0.494. The van der Waals surface area contributed by atoms with Crippen molar-refractivity contribution in [3.63, 3.8) is 0 Å². The summed E-state index contributed by atoms with van der Waals surface area (Å²) in [6.07, 6.45) is 2.98. The maximum Gasteiger partial charge on any atom is 0.185 e. The number of carbonyl (C=O) groups excluding carboxylic acids is 1. The molecule has 1 nitrogen and oxygen atoms in total. The molecule has 2 rings (SSSR count). The summed E-state index contributed by atoms with van der Waals surface area (Å²) in [7, 11) is 0. The van der Waals surface area contributed by atoms with E-state index in [4.69, 9.17) is 11.6 Å². The van der Waals surface area contributed by atoms with Crippen LogP contribution in [0.3, 0.4) is 0 Å². The average molecular weight is 261 g/mol. The van der Waals surface area contributed by atoms with Crippen molar-refractivity contribution in [1.82, 2.24) is 0 Å². The first-order valence-corrected chi connectivity index (χ1v) is 5.77. The predicted molar refractivity (Wildman–Crippen MR) is 71.2 cm³/mol. The fourth-order valence-corrected chi connectivity index (χ4v) is 1.60. The normalized spacial score (nSPS) is 10.8. The van der Waals surface area contributed by atoms with Gasteiger partial charge in [-0.15, -0.1) is 0 Å². The third kappa shape index (κ3) is 3.05. The predicted octanol–water partition coefficient (Wildman–Crippen LogP) is 4.38. The van der Waals surface area contributed by atoms with Crippen molar-refractivity contribution in [1.29, 1.82) is 0 Å². The number of benzene rings is 2. The van der Waals surface area contributed by atoms with Gasteiger partial charge in [-0.3, -0.25) is 4.79 Å². The molecule has 0 spiro atoms. The molecule has 0 atom stereocenters. The molecule has 2 aromatic carbocycles. The molecular formula is C15H10ClFO. The van der Waals surface area contributed by atoms with Gasteiger partial charge in [0, 0.05) is 5.56 Å². The summed E-state index contributed by atoms with van der Waals surface area (Å²) in [4.78, 5) is 11.8. The number of halogens is 2. The van der Waals surface area contributed by atoms with Crippen molar-refractivity contribution in [3.8, 4) is 0 Å². The number of ketones is 1. The Morgan fingerprint density at radius 2 is 1.83 bits per heavy atom. The van der Waals surface area contributed by atoms with Gasteiger partial charge in [-0.2, -0.15) is 0 Å². The Labute approximate surface area is 110 Å². The zero-order valence-corrected chi connectivity index (χ0v) is 10.2. The standard InChI is InChI=1S/C15H10ClFO/c16-13-8-6-11(10-14(13)17)7-9-15(18)12-4-2-1-3-5-12/h1-10H. The zero-order chi connectivity index (χ0) is 13.0. The second kappa shape index (κ2) is 5.61. The van der Waals surface area contributed by atoms with E-state index in [0.29, 0.717) is 11.1 Å². The van der Waals surface area contributed by atoms with Gasteiger partial charge in [-0.05, 0) is 23.8 Å². The van der Waals surface area contributed by atoms with Crippen LogP contribution in [0.5, 0.6) is 0 Å². The minimum absolute atomic E-state index is 0.0709. The van der Waals surface area contributed by atoms with Crippen LogP contribution in [0.4, 0.5) is 4.39 Å². The first-order valence-electron chi connectivity index (χ1n) is 5.39. The lowest BCUT2D eigenvalue weighted by atomic mass is 10.1. The zero-order valence-electron chi connectivity index (χ0n) is 9.44. The average Bonchev–Trinajstić information content (AvgIpc) is 2.41. The molecule has 0 aliphatic rings. The van der Waals surface area contributed by atoms with E-state index in [9.17, 15) is 9.18 Å².